The lowest BCUT2D eigenvalue weighted by Crippen LogP contribution is -2.57. The molecule has 4 atom stereocenters. The molecule has 0 heterocycles. The van der Waals surface area contributed by atoms with Crippen molar-refractivity contribution >= 4 is 48.3 Å². The lowest BCUT2D eigenvalue weighted by molar-refractivity contribution is -0.143. The van der Waals surface area contributed by atoms with E-state index >= 15 is 0 Å². The summed E-state index contributed by atoms with van der Waals surface area (Å²) in [6.07, 6.45) is -1.51. The van der Waals surface area contributed by atoms with Gasteiger partial charge in [0.2, 0.25) is 17.7 Å². The van der Waals surface area contributed by atoms with E-state index < -0.39 is 72.6 Å². The fourth-order valence-corrected chi connectivity index (χ4v) is 3.30. The van der Waals surface area contributed by atoms with E-state index in [-0.39, 0.29) is 25.0 Å². The molecule has 3 amide bonds. The first-order valence-corrected chi connectivity index (χ1v) is 11.6. The van der Waals surface area contributed by atoms with Gasteiger partial charge in [-0.15, -0.1) is 0 Å². The number of amides is 3. The van der Waals surface area contributed by atoms with Crippen LogP contribution in [0.15, 0.2) is 30.3 Å². The minimum Gasteiger partial charge on any atom is -0.481 e. The first-order valence-electron chi connectivity index (χ1n) is 10.9. The second kappa shape index (κ2) is 15.4. The lowest BCUT2D eigenvalue weighted by Gasteiger charge is -2.24. The van der Waals surface area contributed by atoms with Gasteiger partial charge in [-0.25, -0.2) is 4.79 Å². The van der Waals surface area contributed by atoms with Crippen LogP contribution in [0, 0.1) is 0 Å². The van der Waals surface area contributed by atoms with Crippen LogP contribution in [-0.2, 0) is 35.2 Å². The number of nitrogens with one attached hydrogen (secondary N) is 3. The molecule has 13 nitrogen and oxygen atoms in total. The molecular formula is C22H30N4O9S. The Labute approximate surface area is 212 Å². The van der Waals surface area contributed by atoms with Crippen LogP contribution in [0.25, 0.3) is 0 Å². The zero-order valence-corrected chi connectivity index (χ0v) is 20.1. The molecule has 1 aromatic carbocycles. The molecule has 14 heteroatoms. The van der Waals surface area contributed by atoms with Crippen molar-refractivity contribution < 1.29 is 44.1 Å². The van der Waals surface area contributed by atoms with Crippen LogP contribution in [-0.4, -0.2) is 80.9 Å². The zero-order valence-electron chi connectivity index (χ0n) is 19.3. The number of benzene rings is 1. The summed E-state index contributed by atoms with van der Waals surface area (Å²) >= 11 is 3.98. The summed E-state index contributed by atoms with van der Waals surface area (Å²) in [6, 6.07) is 3.58. The Balaban J connectivity index is 2.87. The Hall–Kier alpha value is -3.65. The zero-order chi connectivity index (χ0) is 27.3. The molecule has 0 aromatic heterocycles. The highest BCUT2D eigenvalue weighted by molar-refractivity contribution is 7.80. The highest BCUT2D eigenvalue weighted by Crippen LogP contribution is 2.05. The predicted molar refractivity (Wildman–Crippen MR) is 129 cm³/mol. The predicted octanol–water partition coefficient (Wildman–Crippen LogP) is -1.25. The molecule has 8 N–H and O–H groups in total. The van der Waals surface area contributed by atoms with Gasteiger partial charge in [-0.05, 0) is 24.8 Å². The maximum Gasteiger partial charge on any atom is 0.326 e. The topological polar surface area (TPSA) is 225 Å². The van der Waals surface area contributed by atoms with Gasteiger partial charge in [-0.2, -0.15) is 12.6 Å². The van der Waals surface area contributed by atoms with Crippen LogP contribution >= 0.6 is 12.6 Å². The standard InChI is InChI=1S/C22H30N4O9S/c23-13(10-12-4-2-1-3-5-12)19(31)24-14(6-8-17(27)28)20(32)26-16(11-36)21(33)25-15(22(34)35)7-9-18(29)30/h1-5,13-16,36H,6-11,23H2,(H,24,31)(H,25,33)(H,26,32)(H,27,28)(H,29,30)(H,34,35). The molecule has 4 unspecified atom stereocenters. The van der Waals surface area contributed by atoms with Crippen LogP contribution in [0.2, 0.25) is 0 Å². The van der Waals surface area contributed by atoms with Crippen LogP contribution in [0.5, 0.6) is 0 Å². The minimum atomic E-state index is -1.52. The van der Waals surface area contributed by atoms with Gasteiger partial charge >= 0.3 is 17.9 Å². The molecular weight excluding hydrogens is 496 g/mol. The first-order chi connectivity index (χ1) is 16.9. The van der Waals surface area contributed by atoms with Crippen molar-refractivity contribution in [1.82, 2.24) is 16.0 Å². The molecule has 36 heavy (non-hydrogen) atoms. The number of aliphatic carboxylic acids is 3. The van der Waals surface area contributed by atoms with Crippen molar-refractivity contribution in [3.63, 3.8) is 0 Å². The normalized spacial score (nSPS) is 13.9. The molecule has 0 radical (unpaired) electrons. The number of hydrogen-bond donors (Lipinski definition) is 8. The molecule has 0 aliphatic carbocycles. The second-order valence-corrected chi connectivity index (χ2v) is 8.23. The molecule has 0 bridgehead atoms. The first kappa shape index (κ1) is 30.4. The van der Waals surface area contributed by atoms with Gasteiger partial charge < -0.3 is 37.0 Å². The van der Waals surface area contributed by atoms with Crippen LogP contribution in [0.3, 0.4) is 0 Å². The van der Waals surface area contributed by atoms with Gasteiger partial charge in [0.05, 0.1) is 6.04 Å². The van der Waals surface area contributed by atoms with Gasteiger partial charge in [0, 0.05) is 18.6 Å². The number of carbonyl (C=O) groups excluding carboxylic acids is 3. The summed E-state index contributed by atoms with van der Waals surface area (Å²) in [6.45, 7) is 0. The fourth-order valence-electron chi connectivity index (χ4n) is 3.04. The van der Waals surface area contributed by atoms with E-state index in [1.807, 2.05) is 0 Å². The lowest BCUT2D eigenvalue weighted by atomic mass is 10.0. The number of rotatable bonds is 16. The van der Waals surface area contributed by atoms with E-state index in [2.05, 4.69) is 28.6 Å². The van der Waals surface area contributed by atoms with Crippen LogP contribution in [0.1, 0.15) is 31.2 Å². The van der Waals surface area contributed by atoms with Crippen molar-refractivity contribution in [2.24, 2.45) is 5.73 Å². The highest BCUT2D eigenvalue weighted by Gasteiger charge is 2.30. The van der Waals surface area contributed by atoms with E-state index in [9.17, 15) is 33.9 Å². The van der Waals surface area contributed by atoms with E-state index in [0.717, 1.165) is 5.56 Å². The molecule has 0 saturated carbocycles. The van der Waals surface area contributed by atoms with Crippen LogP contribution in [0.4, 0.5) is 0 Å². The van der Waals surface area contributed by atoms with E-state index in [1.54, 1.807) is 30.3 Å². The summed E-state index contributed by atoms with van der Waals surface area (Å²) in [5, 5.41) is 33.8. The van der Waals surface area contributed by atoms with Crippen LogP contribution < -0.4 is 21.7 Å². The third-order valence-electron chi connectivity index (χ3n) is 4.99. The minimum absolute atomic E-state index is 0.161. The smallest absolute Gasteiger partial charge is 0.326 e. The number of carboxylic acid groups (broad SMARTS) is 3. The van der Waals surface area contributed by atoms with Gasteiger partial charge in [0.1, 0.15) is 18.1 Å². The molecule has 1 rings (SSSR count). The molecule has 0 aliphatic heterocycles. The Morgan fingerprint density at radius 2 is 1.22 bits per heavy atom. The number of carboxylic acids is 3. The number of thiol groups is 1. The Morgan fingerprint density at radius 3 is 1.72 bits per heavy atom. The molecule has 0 spiro atoms. The van der Waals surface area contributed by atoms with Gasteiger partial charge in [0.25, 0.3) is 0 Å². The van der Waals surface area contributed by atoms with Gasteiger partial charge in [0.15, 0.2) is 0 Å². The van der Waals surface area contributed by atoms with Crippen molar-refractivity contribution in [3.8, 4) is 0 Å². The highest BCUT2D eigenvalue weighted by atomic mass is 32.1. The number of nitrogens with two attached hydrogens (primary N) is 1. The quantitative estimate of drug-likeness (QED) is 0.119. The summed E-state index contributed by atoms with van der Waals surface area (Å²) in [7, 11) is 0. The average Bonchev–Trinajstić information content (AvgIpc) is 2.82. The second-order valence-electron chi connectivity index (χ2n) is 7.87. The summed E-state index contributed by atoms with van der Waals surface area (Å²) in [4.78, 5) is 71.0. The molecule has 1 aromatic rings. The summed E-state index contributed by atoms with van der Waals surface area (Å²) in [5.74, 6) is -6.76. The van der Waals surface area contributed by atoms with Gasteiger partial charge in [-0.3, -0.25) is 24.0 Å². The molecule has 0 aliphatic rings. The summed E-state index contributed by atoms with van der Waals surface area (Å²) < 4.78 is 0. The van der Waals surface area contributed by atoms with Crippen molar-refractivity contribution in [2.75, 3.05) is 5.75 Å². The third kappa shape index (κ3) is 11.2. The number of hydrogen-bond acceptors (Lipinski definition) is 8. The van der Waals surface area contributed by atoms with Gasteiger partial charge in [-0.1, -0.05) is 30.3 Å². The van der Waals surface area contributed by atoms with E-state index in [0.29, 0.717) is 0 Å². The van der Waals surface area contributed by atoms with E-state index in [1.165, 1.54) is 0 Å². The molecule has 0 saturated heterocycles. The SMILES string of the molecule is NC(Cc1ccccc1)C(=O)NC(CCC(=O)O)C(=O)NC(CS)C(=O)NC(CCC(=O)O)C(=O)O. The maximum atomic E-state index is 12.8. The Bertz CT molecular complexity index is 945. The molecule has 198 valence electrons. The monoisotopic (exact) mass is 526 g/mol. The largest absolute Gasteiger partial charge is 0.481 e. The van der Waals surface area contributed by atoms with E-state index in [4.69, 9.17) is 15.9 Å². The Kier molecular flexibility index (Phi) is 13.0. The fraction of sp³-hybridized carbons (Fsp3) is 0.455. The summed E-state index contributed by atoms with van der Waals surface area (Å²) in [5.41, 5.74) is 6.70. The van der Waals surface area contributed by atoms with Crippen molar-refractivity contribution in [1.29, 1.82) is 0 Å². The maximum absolute atomic E-state index is 12.8. The third-order valence-corrected chi connectivity index (χ3v) is 5.36. The van der Waals surface area contributed by atoms with Crippen molar-refractivity contribution in [2.45, 2.75) is 56.3 Å². The average molecular weight is 527 g/mol. The number of carbonyl (C=O) groups is 6. The Morgan fingerprint density at radius 1 is 0.750 bits per heavy atom. The van der Waals surface area contributed by atoms with Crippen molar-refractivity contribution in [3.05, 3.63) is 35.9 Å². The molecule has 0 fully saturated rings.